The van der Waals surface area contributed by atoms with Gasteiger partial charge < -0.3 is 14.6 Å². The number of hydrogen-bond acceptors (Lipinski definition) is 3. The smallest absolute Gasteiger partial charge is 0.169 e. The van der Waals surface area contributed by atoms with Crippen molar-refractivity contribution in [3.05, 3.63) is 65.9 Å². The number of benzene rings is 2. The first-order valence-electron chi connectivity index (χ1n) is 8.85. The molecule has 0 bridgehead atoms. The van der Waals surface area contributed by atoms with E-state index in [-0.39, 0.29) is 0 Å². The summed E-state index contributed by atoms with van der Waals surface area (Å²) in [5.41, 5.74) is 2.18. The van der Waals surface area contributed by atoms with Gasteiger partial charge in [-0.3, -0.25) is 0 Å². The Morgan fingerprint density at radius 3 is 2.62 bits per heavy atom. The number of furan rings is 1. The van der Waals surface area contributed by atoms with Crippen molar-refractivity contribution in [3.8, 4) is 0 Å². The average molecular weight is 385 g/mol. The lowest BCUT2D eigenvalue weighted by atomic mass is 10.1. The first kappa shape index (κ1) is 18.8. The van der Waals surface area contributed by atoms with Crippen LogP contribution < -0.4 is 5.32 Å². The maximum Gasteiger partial charge on any atom is 0.169 e. The van der Waals surface area contributed by atoms with E-state index in [0.29, 0.717) is 0 Å². The first-order valence-corrected chi connectivity index (χ1v) is 10.2. The van der Waals surface area contributed by atoms with Crippen molar-refractivity contribution in [1.82, 2.24) is 10.2 Å². The molecule has 26 heavy (non-hydrogen) atoms. The van der Waals surface area contributed by atoms with Crippen molar-refractivity contribution >= 4 is 40.1 Å². The van der Waals surface area contributed by atoms with Crippen molar-refractivity contribution in [2.45, 2.75) is 24.8 Å². The molecule has 1 heterocycles. The standard InChI is InChI=1S/C21H24N2OS2/c1-3-19-18(17-11-7-8-12-20(17)24-19)15-23(2)21(25)22-13-14-26-16-9-5-4-6-10-16/h4-12H,3,13-15H2,1-2H3,(H,22,25). The molecule has 0 saturated heterocycles. The van der Waals surface area contributed by atoms with Crippen LogP contribution in [0.1, 0.15) is 18.2 Å². The number of thiocarbonyl (C=S) groups is 1. The maximum atomic E-state index is 5.98. The molecule has 0 aliphatic heterocycles. The zero-order valence-corrected chi connectivity index (χ0v) is 16.8. The lowest BCUT2D eigenvalue weighted by Crippen LogP contribution is -2.37. The highest BCUT2D eigenvalue weighted by molar-refractivity contribution is 7.99. The Bertz CT molecular complexity index is 861. The second kappa shape index (κ2) is 9.10. The predicted molar refractivity (Wildman–Crippen MR) is 115 cm³/mol. The van der Waals surface area contributed by atoms with Crippen LogP contribution in [0.2, 0.25) is 0 Å². The number of thioether (sulfide) groups is 1. The van der Waals surface area contributed by atoms with Crippen molar-refractivity contribution < 1.29 is 4.42 Å². The van der Waals surface area contributed by atoms with Crippen LogP contribution in [-0.4, -0.2) is 29.4 Å². The molecule has 0 fully saturated rings. The molecule has 3 nitrogen and oxygen atoms in total. The second-order valence-electron chi connectivity index (χ2n) is 6.10. The lowest BCUT2D eigenvalue weighted by Gasteiger charge is -2.21. The molecular weight excluding hydrogens is 360 g/mol. The van der Waals surface area contributed by atoms with Crippen LogP contribution in [0.4, 0.5) is 0 Å². The summed E-state index contributed by atoms with van der Waals surface area (Å²) >= 11 is 7.39. The van der Waals surface area contributed by atoms with Crippen LogP contribution in [0.15, 0.2) is 63.9 Å². The minimum absolute atomic E-state index is 0.748. The Morgan fingerprint density at radius 1 is 1.12 bits per heavy atom. The van der Waals surface area contributed by atoms with Crippen LogP contribution >= 0.6 is 24.0 Å². The molecule has 0 spiro atoms. The number of hydrogen-bond donors (Lipinski definition) is 1. The van der Waals surface area contributed by atoms with E-state index in [1.807, 2.05) is 37.0 Å². The minimum Gasteiger partial charge on any atom is -0.461 e. The summed E-state index contributed by atoms with van der Waals surface area (Å²) in [5.74, 6) is 2.02. The van der Waals surface area contributed by atoms with Gasteiger partial charge in [-0.25, -0.2) is 0 Å². The molecule has 3 rings (SSSR count). The Balaban J connectivity index is 1.54. The summed E-state index contributed by atoms with van der Waals surface area (Å²) in [6.07, 6.45) is 0.881. The van der Waals surface area contributed by atoms with Crippen LogP contribution in [0.5, 0.6) is 0 Å². The zero-order chi connectivity index (χ0) is 18.4. The van der Waals surface area contributed by atoms with E-state index in [2.05, 4.69) is 53.5 Å². The topological polar surface area (TPSA) is 28.4 Å². The van der Waals surface area contributed by atoms with Gasteiger partial charge in [0.15, 0.2) is 5.11 Å². The molecule has 0 aliphatic rings. The maximum absolute atomic E-state index is 5.98. The number of aryl methyl sites for hydroxylation is 1. The molecule has 0 radical (unpaired) electrons. The molecule has 3 aromatic rings. The third-order valence-electron chi connectivity index (χ3n) is 4.24. The second-order valence-corrected chi connectivity index (χ2v) is 7.66. The molecule has 0 aliphatic carbocycles. The molecule has 0 amide bonds. The normalized spacial score (nSPS) is 10.8. The first-order chi connectivity index (χ1) is 12.7. The van der Waals surface area contributed by atoms with E-state index in [0.717, 1.165) is 41.7 Å². The zero-order valence-electron chi connectivity index (χ0n) is 15.2. The van der Waals surface area contributed by atoms with Crippen molar-refractivity contribution in [1.29, 1.82) is 0 Å². The fourth-order valence-corrected chi connectivity index (χ4v) is 3.85. The van der Waals surface area contributed by atoms with Gasteiger partial charge in [0.1, 0.15) is 11.3 Å². The number of nitrogens with zero attached hydrogens (tertiary/aromatic N) is 1. The third kappa shape index (κ3) is 4.59. The fourth-order valence-electron chi connectivity index (χ4n) is 2.90. The number of para-hydroxylation sites is 1. The van der Waals surface area contributed by atoms with Crippen LogP contribution in [0.3, 0.4) is 0 Å². The highest BCUT2D eigenvalue weighted by Crippen LogP contribution is 2.27. The molecule has 0 saturated carbocycles. The lowest BCUT2D eigenvalue weighted by molar-refractivity contribution is 0.475. The summed E-state index contributed by atoms with van der Waals surface area (Å²) in [4.78, 5) is 3.37. The largest absolute Gasteiger partial charge is 0.461 e. The fraction of sp³-hybridized carbons (Fsp3) is 0.286. The van der Waals surface area contributed by atoms with Crippen LogP contribution in [0, 0.1) is 0 Å². The third-order valence-corrected chi connectivity index (χ3v) is 5.71. The molecule has 0 atom stereocenters. The van der Waals surface area contributed by atoms with Gasteiger partial charge in [-0.1, -0.05) is 43.3 Å². The predicted octanol–water partition coefficient (Wildman–Crippen LogP) is 5.09. The monoisotopic (exact) mass is 384 g/mol. The van der Waals surface area contributed by atoms with Gasteiger partial charge >= 0.3 is 0 Å². The van der Waals surface area contributed by atoms with Crippen LogP contribution in [0.25, 0.3) is 11.0 Å². The Kier molecular flexibility index (Phi) is 6.58. The van der Waals surface area contributed by atoms with Gasteiger partial charge in [-0.2, -0.15) is 0 Å². The number of nitrogens with one attached hydrogen (secondary N) is 1. The summed E-state index contributed by atoms with van der Waals surface area (Å²) < 4.78 is 5.98. The van der Waals surface area contributed by atoms with E-state index in [9.17, 15) is 0 Å². The van der Waals surface area contributed by atoms with Crippen molar-refractivity contribution in [3.63, 3.8) is 0 Å². The molecular formula is C21H24N2OS2. The number of fused-ring (bicyclic) bond motifs is 1. The average Bonchev–Trinajstić information content (AvgIpc) is 3.03. The van der Waals surface area contributed by atoms with Crippen LogP contribution in [-0.2, 0) is 13.0 Å². The SMILES string of the molecule is CCc1oc2ccccc2c1CN(C)C(=S)NCCSc1ccccc1. The van der Waals surface area contributed by atoms with Gasteiger partial charge in [0.05, 0.1) is 0 Å². The minimum atomic E-state index is 0.748. The highest BCUT2D eigenvalue weighted by Gasteiger charge is 2.15. The Morgan fingerprint density at radius 2 is 1.85 bits per heavy atom. The van der Waals surface area contributed by atoms with E-state index in [1.54, 1.807) is 0 Å². The van der Waals surface area contributed by atoms with Gasteiger partial charge in [0.2, 0.25) is 0 Å². The van der Waals surface area contributed by atoms with E-state index < -0.39 is 0 Å². The van der Waals surface area contributed by atoms with Gasteiger partial charge in [-0.15, -0.1) is 11.8 Å². The van der Waals surface area contributed by atoms with E-state index >= 15 is 0 Å². The van der Waals surface area contributed by atoms with Gasteiger partial charge in [-0.05, 0) is 30.4 Å². The summed E-state index contributed by atoms with van der Waals surface area (Å²) in [6, 6.07) is 18.6. The van der Waals surface area contributed by atoms with Gasteiger partial charge in [0.25, 0.3) is 0 Å². The quantitative estimate of drug-likeness (QED) is 0.348. The number of rotatable bonds is 7. The summed E-state index contributed by atoms with van der Waals surface area (Å²) in [6.45, 7) is 3.71. The molecule has 2 aromatic carbocycles. The molecule has 0 unspecified atom stereocenters. The highest BCUT2D eigenvalue weighted by atomic mass is 32.2. The molecule has 1 aromatic heterocycles. The molecule has 5 heteroatoms. The molecule has 1 N–H and O–H groups in total. The van der Waals surface area contributed by atoms with Crippen molar-refractivity contribution in [2.75, 3.05) is 19.3 Å². The van der Waals surface area contributed by atoms with Gasteiger partial charge in [0, 0.05) is 48.2 Å². The Hall–Kier alpha value is -1.98. The molecule has 136 valence electrons. The van der Waals surface area contributed by atoms with E-state index in [1.165, 1.54) is 15.8 Å². The summed E-state index contributed by atoms with van der Waals surface area (Å²) in [5, 5.41) is 5.31. The van der Waals surface area contributed by atoms with E-state index in [4.69, 9.17) is 16.6 Å². The summed E-state index contributed by atoms with van der Waals surface area (Å²) in [7, 11) is 2.03. The van der Waals surface area contributed by atoms with Crippen molar-refractivity contribution in [2.24, 2.45) is 0 Å². The Labute approximate surface area is 164 Å².